The van der Waals surface area contributed by atoms with Crippen molar-refractivity contribution in [3.63, 3.8) is 0 Å². The molecule has 1 aromatic rings. The van der Waals surface area contributed by atoms with Gasteiger partial charge in [-0.1, -0.05) is 11.6 Å². The Bertz CT molecular complexity index is 621. The smallest absolute Gasteiger partial charge is 0.321 e. The number of halogens is 1. The molecular formula is C10H9ClN2O4S. The van der Waals surface area contributed by atoms with Crippen molar-refractivity contribution in [2.24, 2.45) is 0 Å². The molecule has 0 unspecified atom stereocenters. The molecule has 0 heterocycles. The summed E-state index contributed by atoms with van der Waals surface area (Å²) in [7, 11) is -3.98. The summed E-state index contributed by atoms with van der Waals surface area (Å²) in [5.41, 5.74) is 0.141. The number of benzene rings is 1. The van der Waals surface area contributed by atoms with Crippen molar-refractivity contribution < 1.29 is 18.3 Å². The van der Waals surface area contributed by atoms with Crippen LogP contribution in [0.5, 0.6) is 0 Å². The third-order valence-electron chi connectivity index (χ3n) is 2.07. The van der Waals surface area contributed by atoms with Crippen molar-refractivity contribution in [1.29, 1.82) is 5.26 Å². The van der Waals surface area contributed by atoms with Crippen molar-refractivity contribution in [3.05, 3.63) is 28.8 Å². The van der Waals surface area contributed by atoms with E-state index in [9.17, 15) is 13.2 Å². The molecule has 0 spiro atoms. The zero-order chi connectivity index (χ0) is 13.9. The maximum atomic E-state index is 11.8. The van der Waals surface area contributed by atoms with E-state index in [4.69, 9.17) is 22.0 Å². The van der Waals surface area contributed by atoms with Gasteiger partial charge in [-0.15, -0.1) is 0 Å². The third-order valence-corrected chi connectivity index (χ3v) is 3.92. The first-order chi connectivity index (χ1) is 8.27. The van der Waals surface area contributed by atoms with Gasteiger partial charge in [0.25, 0.3) is 0 Å². The highest BCUT2D eigenvalue weighted by Crippen LogP contribution is 2.20. The maximum Gasteiger partial charge on any atom is 0.321 e. The van der Waals surface area contributed by atoms with Gasteiger partial charge in [0, 0.05) is 0 Å². The highest BCUT2D eigenvalue weighted by molar-refractivity contribution is 7.89. The predicted octanol–water partition coefficient (Wildman–Crippen LogP) is 0.963. The zero-order valence-electron chi connectivity index (χ0n) is 9.21. The summed E-state index contributed by atoms with van der Waals surface area (Å²) in [6, 6.07) is 4.06. The van der Waals surface area contributed by atoms with Crippen molar-refractivity contribution >= 4 is 27.6 Å². The van der Waals surface area contributed by atoms with E-state index in [1.165, 1.54) is 19.1 Å². The number of nitriles is 1. The molecule has 0 aliphatic carbocycles. The maximum absolute atomic E-state index is 11.8. The minimum atomic E-state index is -3.98. The van der Waals surface area contributed by atoms with Crippen molar-refractivity contribution in [3.8, 4) is 6.07 Å². The molecule has 1 atom stereocenters. The summed E-state index contributed by atoms with van der Waals surface area (Å²) >= 11 is 5.70. The number of hydrogen-bond donors (Lipinski definition) is 2. The van der Waals surface area contributed by atoms with Crippen LogP contribution in [0, 0.1) is 11.3 Å². The molecule has 18 heavy (non-hydrogen) atoms. The lowest BCUT2D eigenvalue weighted by Crippen LogP contribution is -2.38. The minimum absolute atomic E-state index is 0.0108. The number of carbonyl (C=O) groups is 1. The standard InChI is InChI=1S/C10H9ClN2O4S/c1-6(10(14)15)13-18(16,17)8-3-2-7(5-12)9(11)4-8/h2-4,6,13H,1H3,(H,14,15)/t6-/m1/s1. The van der Waals surface area contributed by atoms with Crippen LogP contribution >= 0.6 is 11.6 Å². The van der Waals surface area contributed by atoms with Crippen LogP contribution in [-0.2, 0) is 14.8 Å². The van der Waals surface area contributed by atoms with E-state index in [2.05, 4.69) is 0 Å². The van der Waals surface area contributed by atoms with Crippen LogP contribution in [0.4, 0.5) is 0 Å². The van der Waals surface area contributed by atoms with Crippen molar-refractivity contribution in [1.82, 2.24) is 4.72 Å². The summed E-state index contributed by atoms with van der Waals surface area (Å²) in [5, 5.41) is 17.3. The van der Waals surface area contributed by atoms with Gasteiger partial charge >= 0.3 is 5.97 Å². The third kappa shape index (κ3) is 3.20. The molecule has 96 valence electrons. The van der Waals surface area contributed by atoms with Crippen LogP contribution in [0.2, 0.25) is 5.02 Å². The Morgan fingerprint density at radius 3 is 2.61 bits per heavy atom. The second-order valence-electron chi connectivity index (χ2n) is 3.43. The first-order valence-electron chi connectivity index (χ1n) is 4.72. The van der Waals surface area contributed by atoms with Crippen LogP contribution in [-0.4, -0.2) is 25.5 Å². The second-order valence-corrected chi connectivity index (χ2v) is 5.56. The molecule has 2 N–H and O–H groups in total. The van der Waals surface area contributed by atoms with Crippen LogP contribution in [0.15, 0.2) is 23.1 Å². The molecule has 0 radical (unpaired) electrons. The highest BCUT2D eigenvalue weighted by atomic mass is 35.5. The molecule has 0 aliphatic heterocycles. The molecule has 6 nitrogen and oxygen atoms in total. The lowest BCUT2D eigenvalue weighted by atomic mass is 10.2. The Morgan fingerprint density at radius 2 is 2.17 bits per heavy atom. The van der Waals surface area contributed by atoms with Gasteiger partial charge in [0.2, 0.25) is 10.0 Å². The largest absolute Gasteiger partial charge is 0.480 e. The fourth-order valence-electron chi connectivity index (χ4n) is 1.10. The van der Waals surface area contributed by atoms with Gasteiger partial charge < -0.3 is 5.11 Å². The Morgan fingerprint density at radius 1 is 1.56 bits per heavy atom. The summed E-state index contributed by atoms with van der Waals surface area (Å²) in [6.45, 7) is 1.20. The van der Waals surface area contributed by atoms with Crippen molar-refractivity contribution in [2.45, 2.75) is 17.9 Å². The van der Waals surface area contributed by atoms with Gasteiger partial charge in [0.15, 0.2) is 0 Å². The molecule has 0 bridgehead atoms. The molecule has 8 heteroatoms. The Labute approximate surface area is 109 Å². The van der Waals surface area contributed by atoms with Crippen LogP contribution in [0.1, 0.15) is 12.5 Å². The number of hydrogen-bond acceptors (Lipinski definition) is 4. The number of aliphatic carboxylic acids is 1. The zero-order valence-corrected chi connectivity index (χ0v) is 10.8. The van der Waals surface area contributed by atoms with Crippen LogP contribution in [0.3, 0.4) is 0 Å². The van der Waals surface area contributed by atoms with E-state index >= 15 is 0 Å². The highest BCUT2D eigenvalue weighted by Gasteiger charge is 2.22. The van der Waals surface area contributed by atoms with Gasteiger partial charge in [-0.3, -0.25) is 4.79 Å². The fourth-order valence-corrected chi connectivity index (χ4v) is 2.61. The first kappa shape index (κ1) is 14.4. The number of nitrogens with zero attached hydrogens (tertiary/aromatic N) is 1. The molecule has 0 amide bonds. The summed E-state index contributed by atoms with van der Waals surface area (Å²) in [6.07, 6.45) is 0. The van der Waals surface area contributed by atoms with Crippen molar-refractivity contribution in [2.75, 3.05) is 0 Å². The lowest BCUT2D eigenvalue weighted by Gasteiger charge is -2.10. The monoisotopic (exact) mass is 288 g/mol. The molecule has 0 aliphatic rings. The Hall–Kier alpha value is -1.62. The van der Waals surface area contributed by atoms with E-state index in [-0.39, 0.29) is 15.5 Å². The summed E-state index contributed by atoms with van der Waals surface area (Å²) < 4.78 is 25.5. The van der Waals surface area contributed by atoms with Gasteiger partial charge in [-0.2, -0.15) is 9.98 Å². The molecule has 0 saturated heterocycles. The van der Waals surface area contributed by atoms with Gasteiger partial charge in [0.05, 0.1) is 15.5 Å². The predicted molar refractivity (Wildman–Crippen MR) is 63.6 cm³/mol. The normalized spacial score (nSPS) is 12.7. The summed E-state index contributed by atoms with van der Waals surface area (Å²) in [5.74, 6) is -1.29. The van der Waals surface area contributed by atoms with Crippen LogP contribution < -0.4 is 4.72 Å². The lowest BCUT2D eigenvalue weighted by molar-refractivity contribution is -0.138. The average molecular weight is 289 g/mol. The van der Waals surface area contributed by atoms with E-state index < -0.39 is 22.0 Å². The van der Waals surface area contributed by atoms with E-state index in [1.807, 2.05) is 4.72 Å². The minimum Gasteiger partial charge on any atom is -0.480 e. The fraction of sp³-hybridized carbons (Fsp3) is 0.200. The quantitative estimate of drug-likeness (QED) is 0.858. The topological polar surface area (TPSA) is 107 Å². The van der Waals surface area contributed by atoms with E-state index in [0.717, 1.165) is 6.07 Å². The average Bonchev–Trinajstić information content (AvgIpc) is 2.28. The molecule has 0 saturated carbocycles. The van der Waals surface area contributed by atoms with E-state index in [1.54, 1.807) is 6.07 Å². The number of rotatable bonds is 4. The van der Waals surface area contributed by atoms with E-state index in [0.29, 0.717) is 0 Å². The number of carboxylic acids is 1. The molecule has 1 rings (SSSR count). The molecule has 0 fully saturated rings. The molecule has 1 aromatic carbocycles. The van der Waals surface area contributed by atoms with Gasteiger partial charge in [-0.25, -0.2) is 8.42 Å². The Balaban J connectivity index is 3.11. The number of sulfonamides is 1. The molecule has 0 aromatic heterocycles. The van der Waals surface area contributed by atoms with Gasteiger partial charge in [0.1, 0.15) is 12.1 Å². The number of carboxylic acid groups (broad SMARTS) is 1. The van der Waals surface area contributed by atoms with Crippen LogP contribution in [0.25, 0.3) is 0 Å². The second kappa shape index (κ2) is 5.35. The van der Waals surface area contributed by atoms with Gasteiger partial charge in [-0.05, 0) is 25.1 Å². The number of nitrogens with one attached hydrogen (secondary N) is 1. The first-order valence-corrected chi connectivity index (χ1v) is 6.59. The molecular weight excluding hydrogens is 280 g/mol. The summed E-state index contributed by atoms with van der Waals surface area (Å²) in [4.78, 5) is 10.4. The SMILES string of the molecule is C[C@@H](NS(=O)(=O)c1ccc(C#N)c(Cl)c1)C(=O)O. The Kier molecular flexibility index (Phi) is 4.29.